The maximum absolute atomic E-state index is 12.7. The number of aromatic nitrogens is 5. The Balaban J connectivity index is 1.39. The Hall–Kier alpha value is -3.04. The largest absolute Gasteiger partial charge is 0.494 e. The summed E-state index contributed by atoms with van der Waals surface area (Å²) in [5, 5.41) is 21.3. The molecule has 0 saturated heterocycles. The van der Waals surface area contributed by atoms with E-state index in [0.29, 0.717) is 46.8 Å². The second-order valence-electron chi connectivity index (χ2n) is 9.98. The summed E-state index contributed by atoms with van der Waals surface area (Å²) in [6.07, 6.45) is 9.73. The summed E-state index contributed by atoms with van der Waals surface area (Å²) in [4.78, 5) is 24.3. The molecule has 0 atom stereocenters. The molecule has 0 bridgehead atoms. The van der Waals surface area contributed by atoms with Crippen molar-refractivity contribution in [3.63, 3.8) is 0 Å². The fraction of sp³-hybridized carbons (Fsp3) is 0.500. The molecule has 3 N–H and O–H groups in total. The molecule has 1 aromatic carbocycles. The lowest BCUT2D eigenvalue weighted by molar-refractivity contribution is 0.0641. The van der Waals surface area contributed by atoms with Gasteiger partial charge in [-0.25, -0.2) is 9.97 Å². The van der Waals surface area contributed by atoms with Crippen LogP contribution in [0.15, 0.2) is 30.6 Å². The normalized spacial score (nSPS) is 14.6. The van der Waals surface area contributed by atoms with Gasteiger partial charge in [0, 0.05) is 18.1 Å². The van der Waals surface area contributed by atoms with E-state index in [4.69, 9.17) is 16.3 Å². The molecule has 2 aromatic heterocycles. The van der Waals surface area contributed by atoms with E-state index in [1.54, 1.807) is 38.1 Å². The van der Waals surface area contributed by atoms with Gasteiger partial charge in [0.05, 0.1) is 22.9 Å². The summed E-state index contributed by atoms with van der Waals surface area (Å²) in [5.41, 5.74) is 0.477. The van der Waals surface area contributed by atoms with E-state index in [2.05, 4.69) is 30.5 Å². The number of ether oxygens (including phenoxy) is 1. The molecule has 4 rings (SSSR count). The number of aliphatic hydroxyl groups is 1. The number of hydrogen-bond donors (Lipinski definition) is 3. The second kappa shape index (κ2) is 11.8. The predicted octanol–water partition coefficient (Wildman–Crippen LogP) is 5.22. The van der Waals surface area contributed by atoms with Crippen LogP contribution in [0.1, 0.15) is 75.2 Å². The highest BCUT2D eigenvalue weighted by Crippen LogP contribution is 2.31. The molecule has 192 valence electrons. The van der Waals surface area contributed by atoms with Crippen molar-refractivity contribution in [2.24, 2.45) is 5.92 Å². The van der Waals surface area contributed by atoms with Gasteiger partial charge in [-0.2, -0.15) is 0 Å². The number of hydrogen-bond acceptors (Lipinski definition) is 7. The van der Waals surface area contributed by atoms with Crippen LogP contribution in [0, 0.1) is 5.92 Å². The molecule has 1 amide bonds. The van der Waals surface area contributed by atoms with Crippen LogP contribution in [0.25, 0.3) is 11.3 Å². The number of amides is 1. The first-order valence-corrected chi connectivity index (χ1v) is 12.8. The van der Waals surface area contributed by atoms with Crippen molar-refractivity contribution in [3.05, 3.63) is 47.3 Å². The smallest absolute Gasteiger partial charge is 0.294 e. The molecular weight excluding hydrogens is 480 g/mol. The van der Waals surface area contributed by atoms with Crippen molar-refractivity contribution in [3.8, 4) is 17.0 Å². The zero-order valence-electron chi connectivity index (χ0n) is 20.8. The van der Waals surface area contributed by atoms with Crippen molar-refractivity contribution < 1.29 is 14.6 Å². The van der Waals surface area contributed by atoms with Crippen LogP contribution >= 0.6 is 11.6 Å². The Morgan fingerprint density at radius 3 is 2.78 bits per heavy atom. The summed E-state index contributed by atoms with van der Waals surface area (Å²) >= 11 is 6.43. The van der Waals surface area contributed by atoms with Gasteiger partial charge in [-0.15, -0.1) is 10.2 Å². The van der Waals surface area contributed by atoms with Gasteiger partial charge in [0.15, 0.2) is 0 Å². The first kappa shape index (κ1) is 26.0. The maximum Gasteiger partial charge on any atom is 0.294 e. The minimum Gasteiger partial charge on any atom is -0.494 e. The van der Waals surface area contributed by atoms with Crippen LogP contribution in [0.2, 0.25) is 5.02 Å². The summed E-state index contributed by atoms with van der Waals surface area (Å²) in [6.45, 7) is 4.02. The Morgan fingerprint density at radius 1 is 1.19 bits per heavy atom. The molecule has 0 spiro atoms. The zero-order valence-corrected chi connectivity index (χ0v) is 21.5. The van der Waals surface area contributed by atoms with E-state index in [-0.39, 0.29) is 5.82 Å². The van der Waals surface area contributed by atoms with Crippen LogP contribution in [0.4, 0.5) is 5.82 Å². The summed E-state index contributed by atoms with van der Waals surface area (Å²) < 4.78 is 5.83. The molecule has 1 aliphatic rings. The molecule has 2 heterocycles. The minimum atomic E-state index is -0.723. The molecule has 1 fully saturated rings. The number of benzene rings is 1. The predicted molar refractivity (Wildman–Crippen MR) is 138 cm³/mol. The number of carbonyl (C=O) groups excluding carboxylic acids is 1. The van der Waals surface area contributed by atoms with Gasteiger partial charge in [0.1, 0.15) is 23.7 Å². The quantitative estimate of drug-likeness (QED) is 0.318. The standard InChI is InChI=1S/C26H33ClN6O3/c1-26(2,35)11-6-12-36-18-9-10-20(27)19(14-18)21-15-22(29-16-28-21)31-25(34)24-30-23(32-33-24)13-17-7-4-3-5-8-17/h9-10,14-17,35H,3-8,11-13H2,1-2H3,(H,30,32,33)(H,28,29,31,34). The van der Waals surface area contributed by atoms with Crippen LogP contribution < -0.4 is 10.1 Å². The fourth-order valence-corrected chi connectivity index (χ4v) is 4.60. The van der Waals surface area contributed by atoms with Crippen LogP contribution in [-0.4, -0.2) is 48.4 Å². The molecule has 0 radical (unpaired) electrons. The second-order valence-corrected chi connectivity index (χ2v) is 10.4. The number of carbonyl (C=O) groups is 1. The van der Waals surface area contributed by atoms with E-state index < -0.39 is 11.5 Å². The Labute approximate surface area is 216 Å². The van der Waals surface area contributed by atoms with Gasteiger partial charge in [-0.3, -0.25) is 4.79 Å². The van der Waals surface area contributed by atoms with Crippen molar-refractivity contribution >= 4 is 23.3 Å². The molecule has 36 heavy (non-hydrogen) atoms. The average molecular weight is 513 g/mol. The molecule has 0 unspecified atom stereocenters. The Bertz CT molecular complexity index is 1170. The molecule has 1 aliphatic carbocycles. The Kier molecular flexibility index (Phi) is 8.53. The molecule has 10 heteroatoms. The lowest BCUT2D eigenvalue weighted by Gasteiger charge is -2.19. The topological polar surface area (TPSA) is 126 Å². The lowest BCUT2D eigenvalue weighted by Crippen LogP contribution is -2.19. The molecular formula is C26H33ClN6O3. The maximum atomic E-state index is 12.7. The van der Waals surface area contributed by atoms with E-state index in [9.17, 15) is 9.90 Å². The van der Waals surface area contributed by atoms with Crippen LogP contribution in [0.3, 0.4) is 0 Å². The average Bonchev–Trinajstić information content (AvgIpc) is 3.32. The van der Waals surface area contributed by atoms with Crippen molar-refractivity contribution in [2.75, 3.05) is 11.9 Å². The Morgan fingerprint density at radius 2 is 2.00 bits per heavy atom. The number of nitrogens with zero attached hydrogens (tertiary/aromatic N) is 4. The number of aromatic amines is 1. The minimum absolute atomic E-state index is 0.153. The summed E-state index contributed by atoms with van der Waals surface area (Å²) in [7, 11) is 0. The SMILES string of the molecule is CC(C)(O)CCCOc1ccc(Cl)c(-c2cc(NC(=O)c3nnc(CC4CCCCC4)[nH]3)ncn2)c1. The van der Waals surface area contributed by atoms with E-state index in [1.807, 2.05) is 0 Å². The van der Waals surface area contributed by atoms with Crippen molar-refractivity contribution in [1.29, 1.82) is 0 Å². The van der Waals surface area contributed by atoms with Crippen molar-refractivity contribution in [2.45, 2.75) is 70.8 Å². The summed E-state index contributed by atoms with van der Waals surface area (Å²) in [5.74, 6) is 2.03. The third-order valence-corrected chi connectivity index (χ3v) is 6.61. The number of nitrogens with one attached hydrogen (secondary N) is 2. The highest BCUT2D eigenvalue weighted by molar-refractivity contribution is 6.33. The number of halogens is 1. The third-order valence-electron chi connectivity index (χ3n) is 6.28. The van der Waals surface area contributed by atoms with Crippen molar-refractivity contribution in [1.82, 2.24) is 25.1 Å². The van der Waals surface area contributed by atoms with E-state index >= 15 is 0 Å². The van der Waals surface area contributed by atoms with Gasteiger partial charge >= 0.3 is 0 Å². The first-order valence-electron chi connectivity index (χ1n) is 12.5. The van der Waals surface area contributed by atoms with Gasteiger partial charge in [0.2, 0.25) is 5.82 Å². The van der Waals surface area contributed by atoms with E-state index in [0.717, 1.165) is 18.7 Å². The monoisotopic (exact) mass is 512 g/mol. The zero-order chi connectivity index (χ0) is 25.5. The van der Waals surface area contributed by atoms with Crippen LogP contribution in [-0.2, 0) is 6.42 Å². The molecule has 1 saturated carbocycles. The lowest BCUT2D eigenvalue weighted by atomic mass is 9.87. The molecule has 3 aromatic rings. The molecule has 0 aliphatic heterocycles. The highest BCUT2D eigenvalue weighted by Gasteiger charge is 2.19. The number of anilines is 1. The summed E-state index contributed by atoms with van der Waals surface area (Å²) in [6, 6.07) is 6.98. The van der Waals surface area contributed by atoms with Crippen LogP contribution in [0.5, 0.6) is 5.75 Å². The highest BCUT2D eigenvalue weighted by atomic mass is 35.5. The third kappa shape index (κ3) is 7.48. The van der Waals surface area contributed by atoms with Gasteiger partial charge in [-0.1, -0.05) is 43.7 Å². The number of H-pyrrole nitrogens is 1. The fourth-order valence-electron chi connectivity index (χ4n) is 4.39. The first-order chi connectivity index (χ1) is 17.3. The molecule has 9 nitrogen and oxygen atoms in total. The van der Waals surface area contributed by atoms with Gasteiger partial charge in [0.25, 0.3) is 5.91 Å². The van der Waals surface area contributed by atoms with Gasteiger partial charge < -0.3 is 20.1 Å². The van der Waals surface area contributed by atoms with Gasteiger partial charge in [-0.05, 0) is 50.8 Å². The van der Waals surface area contributed by atoms with E-state index in [1.165, 1.54) is 38.4 Å². The number of rotatable bonds is 10.